The number of amides is 4. The molecule has 4 aromatic heterocycles. The number of hydrogen-bond donors (Lipinski definition) is 3. The Labute approximate surface area is 414 Å². The molecule has 0 radical (unpaired) electrons. The predicted molar refractivity (Wildman–Crippen MR) is 268 cm³/mol. The number of benzene rings is 1. The monoisotopic (exact) mass is 1010 g/mol. The number of nitrogens with one attached hydrogen (secondary N) is 2. The summed E-state index contributed by atoms with van der Waals surface area (Å²) in [5, 5.41) is 16.4. The Balaban J connectivity index is 0.692. The number of nitrogens with zero attached hydrogens (tertiary/aromatic N) is 9. The summed E-state index contributed by atoms with van der Waals surface area (Å²) in [6.07, 6.45) is 9.80. The fraction of sp³-hybridized carbons (Fsp3) is 0.442. The maximum atomic E-state index is 14.0. The normalized spacial score (nSPS) is 20.8. The molecule has 364 valence electrons. The van der Waals surface area contributed by atoms with Gasteiger partial charge in [0, 0.05) is 124 Å². The summed E-state index contributed by atoms with van der Waals surface area (Å²) in [6.45, 7) is 12.1. The van der Waals surface area contributed by atoms with Crippen LogP contribution in [-0.4, -0.2) is 120 Å². The molecule has 1 atom stereocenters. The van der Waals surface area contributed by atoms with Crippen molar-refractivity contribution in [1.82, 2.24) is 39.1 Å². The van der Waals surface area contributed by atoms with Crippen LogP contribution in [0.4, 0.5) is 23.0 Å². The van der Waals surface area contributed by atoms with E-state index in [1.54, 1.807) is 35.3 Å². The number of halogens is 1. The highest BCUT2D eigenvalue weighted by Gasteiger charge is 2.41. The molecule has 3 fully saturated rings. The molecular formula is C52H58BrN11O6. The van der Waals surface area contributed by atoms with Crippen molar-refractivity contribution in [2.45, 2.75) is 90.7 Å². The van der Waals surface area contributed by atoms with Gasteiger partial charge in [0.25, 0.3) is 17.4 Å². The van der Waals surface area contributed by atoms with Gasteiger partial charge >= 0.3 is 0 Å². The van der Waals surface area contributed by atoms with Crippen molar-refractivity contribution in [3.05, 3.63) is 115 Å². The van der Waals surface area contributed by atoms with Crippen LogP contribution in [0.15, 0.2) is 70.3 Å². The van der Waals surface area contributed by atoms with Crippen LogP contribution >= 0.6 is 15.9 Å². The number of anilines is 4. The molecule has 5 aromatic rings. The van der Waals surface area contributed by atoms with Gasteiger partial charge < -0.3 is 29.4 Å². The van der Waals surface area contributed by atoms with E-state index >= 15 is 0 Å². The van der Waals surface area contributed by atoms with Crippen LogP contribution < -0.4 is 26.0 Å². The summed E-state index contributed by atoms with van der Waals surface area (Å²) < 4.78 is 4.60. The molecule has 3 N–H and O–H groups in total. The summed E-state index contributed by atoms with van der Waals surface area (Å²) in [5.74, 6) is -0.0286. The summed E-state index contributed by atoms with van der Waals surface area (Å²) in [4.78, 5) is 85.1. The minimum absolute atomic E-state index is 0.127. The molecule has 1 aliphatic carbocycles. The molecule has 70 heavy (non-hydrogen) atoms. The molecule has 6 aliphatic rings. The van der Waals surface area contributed by atoms with E-state index in [2.05, 4.69) is 64.7 Å². The first-order valence-corrected chi connectivity index (χ1v) is 25.2. The number of carbonyl (C=O) groups is 4. The van der Waals surface area contributed by atoms with Crippen LogP contribution in [-0.2, 0) is 55.7 Å². The molecule has 0 bridgehead atoms. The lowest BCUT2D eigenvalue weighted by molar-refractivity contribution is -0.136. The van der Waals surface area contributed by atoms with Crippen molar-refractivity contribution in [3.8, 4) is 11.1 Å². The van der Waals surface area contributed by atoms with Gasteiger partial charge in [-0.2, -0.15) is 0 Å². The highest BCUT2D eigenvalue weighted by Crippen LogP contribution is 2.41. The first kappa shape index (κ1) is 46.2. The molecule has 18 heteroatoms. The van der Waals surface area contributed by atoms with Crippen molar-refractivity contribution in [1.29, 1.82) is 0 Å². The van der Waals surface area contributed by atoms with E-state index in [0.717, 1.165) is 92.8 Å². The van der Waals surface area contributed by atoms with Crippen molar-refractivity contribution in [3.63, 3.8) is 0 Å². The lowest BCUT2D eigenvalue weighted by atomic mass is 9.90. The van der Waals surface area contributed by atoms with Gasteiger partial charge in [0.15, 0.2) is 0 Å². The number of aliphatic hydroxyl groups excluding tert-OH is 1. The highest BCUT2D eigenvalue weighted by atomic mass is 79.9. The molecule has 1 unspecified atom stereocenters. The number of aliphatic hydroxyl groups is 1. The number of hydrogen-bond acceptors (Lipinski definition) is 12. The number of pyridine rings is 3. The van der Waals surface area contributed by atoms with E-state index in [-0.39, 0.29) is 41.7 Å². The summed E-state index contributed by atoms with van der Waals surface area (Å²) in [5.41, 5.74) is 9.01. The Bertz CT molecular complexity index is 3010. The fourth-order valence-electron chi connectivity index (χ4n) is 11.8. The van der Waals surface area contributed by atoms with Gasteiger partial charge in [-0.1, -0.05) is 35.8 Å². The number of aromatic nitrogens is 4. The van der Waals surface area contributed by atoms with Gasteiger partial charge in [0.05, 0.1) is 18.5 Å². The standard InChI is InChI=1S/C52H58BrN11O6/c1-52(2)24-32-23-42-51(70)63(21-20-62(42)43(32)25-52)47-39(30-65)36(10-13-54-47)33-22-40(50(69)58(3)27-33)56-44-8-5-35(26-55-44)60-14-11-34(12-15-60)61-18-16-59(17-19-61)28-31-4-6-37-38(46(31)53)29-64(49(37)68)41-7-9-45(66)57-48(41)67/h4-6,8,10,13,22-23,26-27,34,41,65H,7,9,11-12,14-21,24-25,28-30H2,1-3H3,(H,55,56)(H,57,66,67). The summed E-state index contributed by atoms with van der Waals surface area (Å²) in [6, 6.07) is 13.3. The van der Waals surface area contributed by atoms with E-state index < -0.39 is 11.9 Å². The van der Waals surface area contributed by atoms with Crippen molar-refractivity contribution < 1.29 is 24.3 Å². The zero-order valence-electron chi connectivity index (χ0n) is 39.8. The Morgan fingerprint density at radius 3 is 2.41 bits per heavy atom. The maximum Gasteiger partial charge on any atom is 0.276 e. The number of imide groups is 1. The first-order valence-electron chi connectivity index (χ1n) is 24.5. The number of piperidine rings is 2. The molecule has 17 nitrogen and oxygen atoms in total. The lowest BCUT2D eigenvalue weighted by Gasteiger charge is -2.43. The van der Waals surface area contributed by atoms with Crippen LogP contribution in [0.1, 0.15) is 88.3 Å². The molecule has 3 saturated heterocycles. The third-order valence-corrected chi connectivity index (χ3v) is 16.4. The number of rotatable bonds is 10. The Hall–Kier alpha value is -6.21. The van der Waals surface area contributed by atoms with E-state index in [1.807, 2.05) is 42.6 Å². The zero-order valence-corrected chi connectivity index (χ0v) is 41.4. The molecular weight excluding hydrogens is 955 g/mol. The molecule has 9 heterocycles. The van der Waals surface area contributed by atoms with E-state index in [4.69, 9.17) is 4.98 Å². The third kappa shape index (κ3) is 8.41. The van der Waals surface area contributed by atoms with Crippen LogP contribution in [0.2, 0.25) is 0 Å². The van der Waals surface area contributed by atoms with Gasteiger partial charge in [-0.15, -0.1) is 0 Å². The van der Waals surface area contributed by atoms with Crippen LogP contribution in [0, 0.1) is 5.41 Å². The number of fused-ring (bicyclic) bond motifs is 4. The number of aryl methyl sites for hydroxylation is 1. The second-order valence-electron chi connectivity index (χ2n) is 20.5. The second kappa shape index (κ2) is 18.2. The first-order chi connectivity index (χ1) is 33.7. The highest BCUT2D eigenvalue weighted by molar-refractivity contribution is 9.10. The molecule has 1 aromatic carbocycles. The van der Waals surface area contributed by atoms with Crippen molar-refractivity contribution in [2.24, 2.45) is 12.5 Å². The zero-order chi connectivity index (χ0) is 48.6. The topological polar surface area (TPSA) is 181 Å². The van der Waals surface area contributed by atoms with Gasteiger partial charge in [0.1, 0.15) is 29.1 Å². The minimum Gasteiger partial charge on any atom is -0.392 e. The molecule has 11 rings (SSSR count). The van der Waals surface area contributed by atoms with Crippen LogP contribution in [0.5, 0.6) is 0 Å². The summed E-state index contributed by atoms with van der Waals surface area (Å²) >= 11 is 3.81. The van der Waals surface area contributed by atoms with E-state index in [9.17, 15) is 29.1 Å². The average Bonchev–Trinajstić information content (AvgIpc) is 3.98. The van der Waals surface area contributed by atoms with Crippen LogP contribution in [0.3, 0.4) is 0 Å². The predicted octanol–water partition coefficient (Wildman–Crippen LogP) is 4.98. The smallest absolute Gasteiger partial charge is 0.276 e. The lowest BCUT2D eigenvalue weighted by Crippen LogP contribution is -2.53. The van der Waals surface area contributed by atoms with Gasteiger partial charge in [-0.3, -0.25) is 44.0 Å². The SMILES string of the molecule is Cn1cc(-c2ccnc(N3CCn4c(cc5c4CC(C)(C)C5)C3=O)c2CO)cc(Nc2ccc(N3CCC(N4CCN(Cc5ccc6c(c5Br)CN(C5CCC(=O)NC5=O)C6=O)CC4)CC3)cn2)c1=O. The number of piperazine rings is 1. The largest absolute Gasteiger partial charge is 0.392 e. The average molecular weight is 1010 g/mol. The minimum atomic E-state index is -0.635. The van der Waals surface area contributed by atoms with Gasteiger partial charge in [-0.25, -0.2) is 9.97 Å². The quantitative estimate of drug-likeness (QED) is 0.160. The Morgan fingerprint density at radius 2 is 1.67 bits per heavy atom. The molecule has 4 amide bonds. The molecule has 0 spiro atoms. The fourth-order valence-corrected chi connectivity index (χ4v) is 12.4. The maximum absolute atomic E-state index is 14.0. The van der Waals surface area contributed by atoms with Crippen LogP contribution in [0.25, 0.3) is 11.1 Å². The van der Waals surface area contributed by atoms with E-state index in [1.165, 1.54) is 15.8 Å². The van der Waals surface area contributed by atoms with E-state index in [0.29, 0.717) is 77.4 Å². The van der Waals surface area contributed by atoms with Gasteiger partial charge in [-0.05, 0) is 96.2 Å². The molecule has 0 saturated carbocycles. The molecule has 5 aliphatic heterocycles. The van der Waals surface area contributed by atoms with Gasteiger partial charge in [0.2, 0.25) is 11.8 Å². The number of carbonyl (C=O) groups excluding carboxylic acids is 4. The Kier molecular flexibility index (Phi) is 12.0. The third-order valence-electron chi connectivity index (χ3n) is 15.5. The van der Waals surface area contributed by atoms with Crippen molar-refractivity contribution >= 4 is 62.6 Å². The second-order valence-corrected chi connectivity index (χ2v) is 21.3. The summed E-state index contributed by atoms with van der Waals surface area (Å²) in [7, 11) is 1.70. The Morgan fingerprint density at radius 1 is 0.871 bits per heavy atom. The van der Waals surface area contributed by atoms with Crippen molar-refractivity contribution in [2.75, 3.05) is 60.9 Å².